The fourth-order valence-electron chi connectivity index (χ4n) is 3.14. The molecule has 3 heteroatoms. The largest absolute Gasteiger partial charge is 0.372 e. The van der Waals surface area contributed by atoms with E-state index in [-0.39, 0.29) is 6.41 Å². The molecular weight excluding hydrogens is 246 g/mol. The molecule has 0 heterocycles. The fourth-order valence-corrected chi connectivity index (χ4v) is 3.33. The molecule has 2 nitrogen and oxygen atoms in total. The van der Waals surface area contributed by atoms with Crippen LogP contribution in [0.5, 0.6) is 0 Å². The first-order valence-corrected chi connectivity index (χ1v) is 6.93. The third kappa shape index (κ3) is 2.86. The molecular formula is C15H22ClNO. The van der Waals surface area contributed by atoms with E-state index >= 15 is 0 Å². The number of halogens is 1. The number of amides is 1. The van der Waals surface area contributed by atoms with E-state index < -0.39 is 0 Å². The van der Waals surface area contributed by atoms with E-state index in [2.05, 4.69) is 37.8 Å². The Morgan fingerprint density at radius 1 is 1.50 bits per heavy atom. The number of rotatable bonds is 3. The summed E-state index contributed by atoms with van der Waals surface area (Å²) in [6.07, 6.45) is 5.51. The van der Waals surface area contributed by atoms with Crippen molar-refractivity contribution in [3.63, 3.8) is 0 Å². The topological polar surface area (TPSA) is 43.1 Å². The first kappa shape index (κ1) is 15.0. The van der Waals surface area contributed by atoms with Crippen molar-refractivity contribution >= 4 is 18.0 Å². The van der Waals surface area contributed by atoms with Gasteiger partial charge < -0.3 is 5.73 Å². The molecule has 1 amide bonds. The zero-order valence-corrected chi connectivity index (χ0v) is 11.9. The molecule has 1 aliphatic carbocycles. The van der Waals surface area contributed by atoms with Crippen LogP contribution in [0.2, 0.25) is 5.02 Å². The molecule has 2 N–H and O–H groups in total. The van der Waals surface area contributed by atoms with Crippen molar-refractivity contribution in [2.24, 2.45) is 11.7 Å². The Morgan fingerprint density at radius 2 is 2.17 bits per heavy atom. The van der Waals surface area contributed by atoms with Crippen molar-refractivity contribution in [1.82, 2.24) is 0 Å². The second-order valence-electron chi connectivity index (χ2n) is 4.80. The summed E-state index contributed by atoms with van der Waals surface area (Å²) < 4.78 is 0. The van der Waals surface area contributed by atoms with Crippen molar-refractivity contribution < 1.29 is 4.79 Å². The zero-order chi connectivity index (χ0) is 13.6. The Labute approximate surface area is 115 Å². The first-order valence-electron chi connectivity index (χ1n) is 6.56. The van der Waals surface area contributed by atoms with Gasteiger partial charge in [0, 0.05) is 5.02 Å². The van der Waals surface area contributed by atoms with Crippen LogP contribution in [0.1, 0.15) is 45.1 Å². The molecule has 0 saturated heterocycles. The SMILES string of the molecule is CCC1CCC1(CC)c1cccc(Cl)c1.NC=O. The Bertz CT molecular complexity index is 388. The minimum absolute atomic E-state index is 0.250. The average Bonchev–Trinajstić information content (AvgIpc) is 2.31. The molecule has 1 fully saturated rings. The van der Waals surface area contributed by atoms with E-state index in [9.17, 15) is 0 Å². The fraction of sp³-hybridized carbons (Fsp3) is 0.533. The quantitative estimate of drug-likeness (QED) is 0.829. The van der Waals surface area contributed by atoms with Crippen LogP contribution in [0.15, 0.2) is 24.3 Å². The lowest BCUT2D eigenvalue weighted by Crippen LogP contribution is -2.43. The number of carbonyl (C=O) groups is 1. The number of carbonyl (C=O) groups excluding carboxylic acids is 1. The number of benzene rings is 1. The molecule has 2 atom stereocenters. The first-order chi connectivity index (χ1) is 8.64. The lowest BCUT2D eigenvalue weighted by Gasteiger charge is -2.50. The van der Waals surface area contributed by atoms with Crippen molar-refractivity contribution in [3.05, 3.63) is 34.9 Å². The summed E-state index contributed by atoms with van der Waals surface area (Å²) in [6, 6.07) is 8.46. The highest BCUT2D eigenvalue weighted by Crippen LogP contribution is 2.52. The molecule has 2 unspecified atom stereocenters. The molecule has 0 aromatic heterocycles. The zero-order valence-electron chi connectivity index (χ0n) is 11.2. The minimum Gasteiger partial charge on any atom is -0.372 e. The monoisotopic (exact) mass is 267 g/mol. The van der Waals surface area contributed by atoms with Crippen molar-refractivity contribution in [2.45, 2.75) is 44.9 Å². The number of hydrogen-bond donors (Lipinski definition) is 1. The number of nitrogens with two attached hydrogens (primary N) is 1. The van der Waals surface area contributed by atoms with Gasteiger partial charge in [-0.2, -0.15) is 0 Å². The predicted octanol–water partition coefficient (Wildman–Crippen LogP) is 3.91. The van der Waals surface area contributed by atoms with Gasteiger partial charge in [0.15, 0.2) is 0 Å². The van der Waals surface area contributed by atoms with Gasteiger partial charge in [0.25, 0.3) is 0 Å². The van der Waals surface area contributed by atoms with Gasteiger partial charge in [-0.25, -0.2) is 0 Å². The third-order valence-electron chi connectivity index (χ3n) is 4.24. The summed E-state index contributed by atoms with van der Waals surface area (Å²) in [5, 5.41) is 0.877. The second-order valence-corrected chi connectivity index (χ2v) is 5.24. The Morgan fingerprint density at radius 3 is 2.56 bits per heavy atom. The maximum atomic E-state index is 8.58. The summed E-state index contributed by atoms with van der Waals surface area (Å²) in [7, 11) is 0. The van der Waals surface area contributed by atoms with E-state index in [1.54, 1.807) is 0 Å². The van der Waals surface area contributed by atoms with Crippen LogP contribution in [-0.4, -0.2) is 6.41 Å². The van der Waals surface area contributed by atoms with E-state index in [1.165, 1.54) is 31.2 Å². The van der Waals surface area contributed by atoms with Crippen LogP contribution in [0.4, 0.5) is 0 Å². The average molecular weight is 268 g/mol. The van der Waals surface area contributed by atoms with E-state index in [1.807, 2.05) is 6.07 Å². The lowest BCUT2D eigenvalue weighted by molar-refractivity contribution is -0.106. The number of primary amides is 1. The highest BCUT2D eigenvalue weighted by molar-refractivity contribution is 6.30. The molecule has 2 rings (SSSR count). The molecule has 1 aromatic rings. The van der Waals surface area contributed by atoms with Crippen LogP contribution < -0.4 is 5.73 Å². The molecule has 0 bridgehead atoms. The molecule has 0 aliphatic heterocycles. The molecule has 1 aliphatic rings. The summed E-state index contributed by atoms with van der Waals surface area (Å²) in [5.41, 5.74) is 6.05. The Hall–Kier alpha value is -1.02. The highest BCUT2D eigenvalue weighted by Gasteiger charge is 2.45. The van der Waals surface area contributed by atoms with E-state index in [0.29, 0.717) is 5.41 Å². The van der Waals surface area contributed by atoms with Gasteiger partial charge in [-0.1, -0.05) is 44.0 Å². The van der Waals surface area contributed by atoms with Crippen LogP contribution in [0.3, 0.4) is 0 Å². The van der Waals surface area contributed by atoms with Crippen LogP contribution >= 0.6 is 11.6 Å². The summed E-state index contributed by atoms with van der Waals surface area (Å²) in [6.45, 7) is 4.61. The Kier molecular flexibility index (Phi) is 5.67. The standard InChI is InChI=1S/C14H19Cl.CH3NO/c1-3-11-8-9-14(11,4-2)12-6-5-7-13(15)10-12;2-1-3/h5-7,10-11H,3-4,8-9H2,1-2H3;1H,(H2,2,3). The normalized spacial score (nSPS) is 25.6. The summed E-state index contributed by atoms with van der Waals surface area (Å²) >= 11 is 6.08. The summed E-state index contributed by atoms with van der Waals surface area (Å²) in [4.78, 5) is 8.58. The molecule has 1 aromatic carbocycles. The van der Waals surface area contributed by atoms with Crippen LogP contribution in [0, 0.1) is 5.92 Å². The smallest absolute Gasteiger partial charge is 0.204 e. The van der Waals surface area contributed by atoms with Crippen molar-refractivity contribution in [3.8, 4) is 0 Å². The summed E-state index contributed by atoms with van der Waals surface area (Å²) in [5.74, 6) is 0.862. The molecule has 0 spiro atoms. The van der Waals surface area contributed by atoms with Gasteiger partial charge in [-0.05, 0) is 48.3 Å². The highest BCUT2D eigenvalue weighted by atomic mass is 35.5. The van der Waals surface area contributed by atoms with E-state index in [0.717, 1.165) is 10.9 Å². The molecule has 18 heavy (non-hydrogen) atoms. The van der Waals surface area contributed by atoms with Gasteiger partial charge >= 0.3 is 0 Å². The Balaban J connectivity index is 0.000000492. The van der Waals surface area contributed by atoms with Gasteiger partial charge in [0.2, 0.25) is 6.41 Å². The predicted molar refractivity (Wildman–Crippen MR) is 76.7 cm³/mol. The van der Waals surface area contributed by atoms with Crippen LogP contribution in [-0.2, 0) is 10.2 Å². The maximum Gasteiger partial charge on any atom is 0.204 e. The molecule has 100 valence electrons. The van der Waals surface area contributed by atoms with Gasteiger partial charge in [-0.3, -0.25) is 4.79 Å². The maximum absolute atomic E-state index is 8.58. The van der Waals surface area contributed by atoms with Gasteiger partial charge in [0.1, 0.15) is 0 Å². The third-order valence-corrected chi connectivity index (χ3v) is 4.48. The lowest BCUT2D eigenvalue weighted by atomic mass is 9.54. The van der Waals surface area contributed by atoms with Crippen LogP contribution in [0.25, 0.3) is 0 Å². The van der Waals surface area contributed by atoms with Gasteiger partial charge in [-0.15, -0.1) is 0 Å². The molecule has 1 saturated carbocycles. The number of hydrogen-bond acceptors (Lipinski definition) is 1. The molecule has 0 radical (unpaired) electrons. The minimum atomic E-state index is 0.250. The van der Waals surface area contributed by atoms with Gasteiger partial charge in [0.05, 0.1) is 0 Å². The van der Waals surface area contributed by atoms with E-state index in [4.69, 9.17) is 16.4 Å². The second kappa shape index (κ2) is 6.79. The van der Waals surface area contributed by atoms with Crippen molar-refractivity contribution in [1.29, 1.82) is 0 Å². The van der Waals surface area contributed by atoms with Crippen molar-refractivity contribution in [2.75, 3.05) is 0 Å².